The summed E-state index contributed by atoms with van der Waals surface area (Å²) in [5.41, 5.74) is 2.68. The number of halogens is 4. The van der Waals surface area contributed by atoms with Gasteiger partial charge in [0.15, 0.2) is 23.3 Å². The first-order valence-electron chi connectivity index (χ1n) is 19.4. The van der Waals surface area contributed by atoms with Crippen LogP contribution in [0.4, 0.5) is 23.2 Å². The summed E-state index contributed by atoms with van der Waals surface area (Å²) in [4.78, 5) is 19.8. The molecule has 10 rings (SSSR count). The monoisotopic (exact) mass is 906 g/mol. The van der Waals surface area contributed by atoms with Gasteiger partial charge in [-0.25, -0.2) is 27.5 Å². The smallest absolute Gasteiger partial charge is 0.657 e. The maximum Gasteiger partial charge on any atom is 2.00 e. The zero-order valence-electron chi connectivity index (χ0n) is 33.5. The molecule has 0 radical (unpaired) electrons. The van der Waals surface area contributed by atoms with E-state index in [0.717, 1.165) is 0 Å². The van der Waals surface area contributed by atoms with Crippen molar-refractivity contribution in [3.63, 3.8) is 0 Å². The van der Waals surface area contributed by atoms with Crippen molar-refractivity contribution in [2.24, 2.45) is 7.05 Å². The van der Waals surface area contributed by atoms with Gasteiger partial charge in [0.05, 0.1) is 34.9 Å². The summed E-state index contributed by atoms with van der Waals surface area (Å²) in [5, 5.41) is 41.9. The third-order valence-electron chi connectivity index (χ3n) is 10.6. The maximum absolute atomic E-state index is 16.7. The van der Waals surface area contributed by atoms with Crippen molar-refractivity contribution in [2.45, 2.75) is 6.54 Å². The molecule has 2 aliphatic rings. The minimum absolute atomic E-state index is 0. The van der Waals surface area contributed by atoms with E-state index >= 15 is 17.6 Å². The Labute approximate surface area is 373 Å². The minimum Gasteiger partial charge on any atom is -0.657 e. The summed E-state index contributed by atoms with van der Waals surface area (Å²) >= 11 is 0. The number of aromatic hydroxyl groups is 3. The van der Waals surface area contributed by atoms with Crippen LogP contribution in [0.25, 0.3) is 90.9 Å². The second kappa shape index (κ2) is 16.5. The van der Waals surface area contributed by atoms with Crippen LogP contribution in [-0.4, -0.2) is 40.3 Å². The van der Waals surface area contributed by atoms with Crippen LogP contribution in [0.2, 0.25) is 0 Å². The molecule has 2 aliphatic heterocycles. The standard InChI is InChI=1S/C48H30F4N8O3.Zn/c1-60-23-27(58-59-60)22-53-48-46(51)44(49)43(45(50)47(48)52)42-37-17-15-35(56-37)40(25-6-3-9-29(62)20-25)33-13-11-31(54-33)39(24-5-2-8-28(61)19-24)32-12-14-34(55-32)41(36-16-18-38(42)57-36)26-7-4-10-30(63)21-26;/h2-21,23H,22H2,1H3,(H4-2,53,54,55,56,57,58,59,61,62,63);/q-2;+2. The number of benzene rings is 4. The molecule has 310 valence electrons. The Morgan fingerprint density at radius 2 is 0.922 bits per heavy atom. The summed E-state index contributed by atoms with van der Waals surface area (Å²) < 4.78 is 67.0. The molecule has 8 aromatic rings. The van der Waals surface area contributed by atoms with Crippen LogP contribution in [0, 0.1) is 23.3 Å². The van der Waals surface area contributed by atoms with Crippen molar-refractivity contribution in [1.82, 2.24) is 34.9 Å². The zero-order chi connectivity index (χ0) is 43.5. The van der Waals surface area contributed by atoms with Crippen LogP contribution in [0.3, 0.4) is 0 Å². The molecule has 8 bridgehead atoms. The van der Waals surface area contributed by atoms with E-state index < -0.39 is 34.5 Å². The quantitative estimate of drug-likeness (QED) is 0.0690. The van der Waals surface area contributed by atoms with Gasteiger partial charge in [0.1, 0.15) is 28.6 Å². The number of aromatic nitrogens is 7. The predicted octanol–water partition coefficient (Wildman–Crippen LogP) is 9.99. The first kappa shape index (κ1) is 41.5. The van der Waals surface area contributed by atoms with Crippen molar-refractivity contribution < 1.29 is 52.4 Å². The van der Waals surface area contributed by atoms with Gasteiger partial charge in [-0.2, -0.15) is 0 Å². The summed E-state index contributed by atoms with van der Waals surface area (Å²) in [6, 6.07) is 25.9. The number of rotatable bonds is 7. The van der Waals surface area contributed by atoms with Gasteiger partial charge in [-0.3, -0.25) is 4.68 Å². The first-order chi connectivity index (χ1) is 30.5. The molecule has 64 heavy (non-hydrogen) atoms. The third-order valence-corrected chi connectivity index (χ3v) is 10.6. The molecule has 0 aliphatic carbocycles. The van der Waals surface area contributed by atoms with Gasteiger partial charge < -0.3 is 30.6 Å². The average molecular weight is 908 g/mol. The zero-order valence-corrected chi connectivity index (χ0v) is 36.5. The number of hydrogen-bond donors (Lipinski definition) is 4. The molecule has 0 atom stereocenters. The van der Waals surface area contributed by atoms with Gasteiger partial charge in [0.2, 0.25) is 0 Å². The maximum atomic E-state index is 16.7. The van der Waals surface area contributed by atoms with E-state index in [4.69, 9.17) is 19.9 Å². The molecule has 4 N–H and O–H groups in total. The van der Waals surface area contributed by atoms with Gasteiger partial charge in [0, 0.05) is 13.2 Å². The van der Waals surface area contributed by atoms with E-state index in [9.17, 15) is 15.3 Å². The summed E-state index contributed by atoms with van der Waals surface area (Å²) in [6.45, 7) is -0.290. The van der Waals surface area contributed by atoms with Gasteiger partial charge in [-0.1, -0.05) is 65.9 Å². The number of phenols is 3. The predicted molar refractivity (Wildman–Crippen MR) is 232 cm³/mol. The van der Waals surface area contributed by atoms with Crippen molar-refractivity contribution in [3.8, 4) is 61.8 Å². The number of hydrogen-bond acceptors (Lipinski definition) is 8. The largest absolute Gasteiger partial charge is 2.00 e. The number of nitrogens with one attached hydrogen (secondary N) is 1. The molecule has 16 heteroatoms. The molecular weight excluding hydrogens is 878 g/mol. The first-order valence-corrected chi connectivity index (χ1v) is 19.4. The second-order valence-corrected chi connectivity index (χ2v) is 14.8. The minimum atomic E-state index is -1.71. The molecule has 0 spiro atoms. The van der Waals surface area contributed by atoms with Gasteiger partial charge in [0.25, 0.3) is 0 Å². The van der Waals surface area contributed by atoms with Crippen molar-refractivity contribution >= 4 is 52.1 Å². The number of fused-ring (bicyclic) bond motifs is 8. The Morgan fingerprint density at radius 3 is 1.30 bits per heavy atom. The van der Waals surface area contributed by atoms with Crippen molar-refractivity contribution in [1.29, 1.82) is 0 Å². The van der Waals surface area contributed by atoms with Crippen LogP contribution >= 0.6 is 0 Å². The fourth-order valence-electron chi connectivity index (χ4n) is 7.88. The molecule has 0 saturated carbocycles. The molecule has 11 nitrogen and oxygen atoms in total. The van der Waals surface area contributed by atoms with Crippen molar-refractivity contribution in [2.75, 3.05) is 5.32 Å². The molecule has 0 amide bonds. The molecular formula is C48H30F4N8O3Zn. The van der Waals surface area contributed by atoms with Crippen LogP contribution in [0.5, 0.6) is 17.2 Å². The van der Waals surface area contributed by atoms with Gasteiger partial charge in [-0.05, 0) is 99.6 Å². The van der Waals surface area contributed by atoms with Crippen LogP contribution in [0.1, 0.15) is 28.5 Å². The number of nitrogens with zero attached hydrogens (tertiary/aromatic N) is 7. The van der Waals surface area contributed by atoms with E-state index in [2.05, 4.69) is 15.6 Å². The SMILES string of the molecule is Cn1cc(CNc2c(F)c(F)c(-c3c4nc(c(-c5cccc(O)c5)c5ccc([n-]5)c(-c5cccc(O)c5)c5nc(c(-c6cccc(O)c6)c6ccc3[n-]6)C=C5)C=C4)c(F)c2F)nn1.[Zn+2]. The number of anilines is 1. The molecule has 4 aromatic heterocycles. The average Bonchev–Trinajstić information content (AvgIpc) is 4.13. The van der Waals surface area contributed by atoms with Gasteiger partial charge >= 0.3 is 19.5 Å². The summed E-state index contributed by atoms with van der Waals surface area (Å²) in [6.07, 6.45) is 8.01. The third kappa shape index (κ3) is 7.37. The molecule has 0 saturated heterocycles. The Bertz CT molecular complexity index is 3360. The Balaban J connectivity index is 0.00000518. The second-order valence-electron chi connectivity index (χ2n) is 14.8. The molecule has 6 heterocycles. The molecule has 4 aromatic carbocycles. The van der Waals surface area contributed by atoms with Crippen molar-refractivity contribution in [3.05, 3.63) is 155 Å². The van der Waals surface area contributed by atoms with E-state index in [-0.39, 0.29) is 76.9 Å². The fraction of sp³-hybridized carbons (Fsp3) is 0.0417. The molecule has 0 unspecified atom stereocenters. The van der Waals surface area contributed by atoms with E-state index in [1.165, 1.54) is 47.3 Å². The number of aryl methyl sites for hydroxylation is 1. The number of phenolic OH excluding ortho intramolecular Hbond substituents is 3. The van der Waals surface area contributed by atoms with E-state index in [0.29, 0.717) is 55.8 Å². The normalized spacial score (nSPS) is 11.8. The summed E-state index contributed by atoms with van der Waals surface area (Å²) in [5.74, 6) is -6.90. The molecule has 0 fully saturated rings. The Hall–Kier alpha value is -7.84. The Morgan fingerprint density at radius 1 is 0.531 bits per heavy atom. The summed E-state index contributed by atoms with van der Waals surface area (Å²) in [7, 11) is 1.59. The van der Waals surface area contributed by atoms with Crippen LogP contribution < -0.4 is 15.3 Å². The fourth-order valence-corrected chi connectivity index (χ4v) is 7.88. The van der Waals surface area contributed by atoms with Gasteiger partial charge in [-0.15, -0.1) is 27.2 Å². The topological polar surface area (TPSA) is 157 Å². The Kier molecular flexibility index (Phi) is 10.7. The van der Waals surface area contributed by atoms with E-state index in [1.54, 1.807) is 85.9 Å². The van der Waals surface area contributed by atoms with Crippen LogP contribution in [-0.2, 0) is 33.1 Å². The van der Waals surface area contributed by atoms with Crippen LogP contribution in [0.15, 0.2) is 103 Å². The van der Waals surface area contributed by atoms with E-state index in [1.807, 2.05) is 6.07 Å².